The SMILES string of the molecule is CC(=O)O[C@H]1C[C@@H]2CCC3C4C[C@H](N5CC[N+](C)(C)CC5)[C@H](OC(C)=O)[C@@]4(C)CCC3[C@@]2(C)C[C@@H]1N1CCC(=O)CC1.[Br-]. The lowest BCUT2D eigenvalue weighted by atomic mass is 9.44. The number of quaternary nitrogens is 1. The van der Waals surface area contributed by atoms with Crippen molar-refractivity contribution in [2.45, 2.75) is 110 Å². The number of carbonyl (C=O) groups is 3. The fourth-order valence-corrected chi connectivity index (χ4v) is 11.1. The van der Waals surface area contributed by atoms with Gasteiger partial charge in [0.05, 0.1) is 27.2 Å². The molecule has 0 aromatic heterocycles. The van der Waals surface area contributed by atoms with Crippen LogP contribution < -0.4 is 17.0 Å². The molecular weight excluding hydrogens is 610 g/mol. The molecule has 6 aliphatic rings. The average Bonchev–Trinajstić information content (AvgIpc) is 3.20. The third-order valence-electron chi connectivity index (χ3n) is 13.5. The molecule has 4 saturated carbocycles. The van der Waals surface area contributed by atoms with E-state index in [4.69, 9.17) is 9.47 Å². The van der Waals surface area contributed by atoms with E-state index in [1.807, 2.05) is 0 Å². The molecule has 0 amide bonds. The first kappa shape index (κ1) is 33.3. The maximum absolute atomic E-state index is 12.5. The predicted octanol–water partition coefficient (Wildman–Crippen LogP) is 0.910. The zero-order valence-corrected chi connectivity index (χ0v) is 29.1. The average molecular weight is 667 g/mol. The van der Waals surface area contributed by atoms with Gasteiger partial charge in [0.25, 0.3) is 0 Å². The van der Waals surface area contributed by atoms with Crippen molar-refractivity contribution in [2.24, 2.45) is 34.5 Å². The van der Waals surface area contributed by atoms with E-state index in [0.29, 0.717) is 48.3 Å². The Hall–Kier alpha value is -1.03. The van der Waals surface area contributed by atoms with Crippen LogP contribution in [-0.2, 0) is 23.9 Å². The highest BCUT2D eigenvalue weighted by Crippen LogP contribution is 2.67. The molecule has 0 aromatic rings. The number of carbonyl (C=O) groups excluding carboxylic acids is 3. The number of likely N-dealkylation sites (N-methyl/N-ethyl adjacent to an activating group) is 1. The van der Waals surface area contributed by atoms with E-state index in [0.717, 1.165) is 69.4 Å². The topological polar surface area (TPSA) is 76.2 Å². The van der Waals surface area contributed by atoms with E-state index in [2.05, 4.69) is 37.7 Å². The minimum atomic E-state index is -0.183. The molecule has 9 heteroatoms. The van der Waals surface area contributed by atoms with Gasteiger partial charge in [0.1, 0.15) is 18.0 Å². The number of ketones is 1. The van der Waals surface area contributed by atoms with Crippen LogP contribution in [-0.4, -0.2) is 110 Å². The van der Waals surface area contributed by atoms with Gasteiger partial charge in [0.15, 0.2) is 0 Å². The Bertz CT molecular complexity index is 1070. The van der Waals surface area contributed by atoms with Crippen molar-refractivity contribution in [3.63, 3.8) is 0 Å². The van der Waals surface area contributed by atoms with Crippen molar-refractivity contribution in [3.05, 3.63) is 0 Å². The second-order valence-corrected chi connectivity index (χ2v) is 16.2. The molecule has 244 valence electrons. The minimum absolute atomic E-state index is 0. The van der Waals surface area contributed by atoms with E-state index < -0.39 is 0 Å². The van der Waals surface area contributed by atoms with Gasteiger partial charge in [-0.25, -0.2) is 0 Å². The third-order valence-corrected chi connectivity index (χ3v) is 13.5. The molecule has 10 atom stereocenters. The second-order valence-electron chi connectivity index (χ2n) is 16.2. The first-order chi connectivity index (χ1) is 19.8. The molecule has 6 rings (SSSR count). The second kappa shape index (κ2) is 12.3. The van der Waals surface area contributed by atoms with Gasteiger partial charge in [-0.15, -0.1) is 0 Å². The van der Waals surface area contributed by atoms with Crippen LogP contribution in [0.5, 0.6) is 0 Å². The number of ether oxygens (including phenoxy) is 2. The lowest BCUT2D eigenvalue weighted by Gasteiger charge is -2.62. The van der Waals surface area contributed by atoms with E-state index in [1.54, 1.807) is 13.8 Å². The maximum Gasteiger partial charge on any atom is 0.302 e. The van der Waals surface area contributed by atoms with Crippen molar-refractivity contribution in [1.82, 2.24) is 9.80 Å². The number of nitrogens with zero attached hydrogens (tertiary/aromatic N) is 3. The van der Waals surface area contributed by atoms with Crippen molar-refractivity contribution in [3.8, 4) is 0 Å². The first-order valence-corrected chi connectivity index (χ1v) is 17.0. The smallest absolute Gasteiger partial charge is 0.302 e. The molecular formula is C34H56BrN3O5. The van der Waals surface area contributed by atoms with Gasteiger partial charge >= 0.3 is 11.9 Å². The molecule has 8 nitrogen and oxygen atoms in total. The zero-order chi connectivity index (χ0) is 30.0. The number of likely N-dealkylation sites (tertiary alicyclic amines) is 1. The molecule has 3 unspecified atom stereocenters. The third kappa shape index (κ3) is 6.10. The standard InChI is InChI=1S/C34H56N3O5.BrH/c1-22(38)41-31-19-24-7-8-26-27(34(24,4)21-30(31)35-13-10-25(40)11-14-35)9-12-33(3)28(26)20-29(32(33)42-23(2)39)36-15-17-37(5,6)18-16-36;/h24,26-32H,7-21H2,1-6H3;1H/q+1;/p-1/t24-,26?,27?,28?,29-,30-,31-,32-,33-,34-;/m0./s1. The quantitative estimate of drug-likeness (QED) is 0.327. The monoisotopic (exact) mass is 665 g/mol. The molecule has 0 aromatic carbocycles. The Kier molecular flexibility index (Phi) is 9.53. The molecule has 2 heterocycles. The van der Waals surface area contributed by atoms with Gasteiger partial charge < -0.3 is 30.9 Å². The van der Waals surface area contributed by atoms with E-state index in [1.165, 1.54) is 19.3 Å². The fourth-order valence-electron chi connectivity index (χ4n) is 11.1. The Balaban J connectivity index is 0.00000368. The maximum atomic E-state index is 12.5. The minimum Gasteiger partial charge on any atom is -1.00 e. The summed E-state index contributed by atoms with van der Waals surface area (Å²) >= 11 is 0. The molecule has 6 fully saturated rings. The Morgan fingerprint density at radius 1 is 0.814 bits per heavy atom. The van der Waals surface area contributed by atoms with Crippen LogP contribution in [0.25, 0.3) is 0 Å². The van der Waals surface area contributed by atoms with Gasteiger partial charge in [0.2, 0.25) is 0 Å². The number of hydrogen-bond acceptors (Lipinski definition) is 7. The van der Waals surface area contributed by atoms with Crippen molar-refractivity contribution >= 4 is 17.7 Å². The number of piperazine rings is 1. The van der Waals surface area contributed by atoms with Crippen LogP contribution in [0.1, 0.15) is 85.5 Å². The largest absolute Gasteiger partial charge is 1.00 e. The van der Waals surface area contributed by atoms with Crippen LogP contribution in [0.3, 0.4) is 0 Å². The van der Waals surface area contributed by atoms with Crippen LogP contribution in [0.15, 0.2) is 0 Å². The summed E-state index contributed by atoms with van der Waals surface area (Å²) in [5.41, 5.74) is 0.207. The highest BCUT2D eigenvalue weighted by Gasteiger charge is 2.65. The fraction of sp³-hybridized carbons (Fsp3) is 0.912. The molecule has 2 saturated heterocycles. The van der Waals surface area contributed by atoms with E-state index in [-0.39, 0.29) is 58.0 Å². The van der Waals surface area contributed by atoms with E-state index in [9.17, 15) is 14.4 Å². The van der Waals surface area contributed by atoms with Gasteiger partial charge in [-0.3, -0.25) is 24.2 Å². The highest BCUT2D eigenvalue weighted by molar-refractivity contribution is 5.79. The molecule has 0 spiro atoms. The number of fused-ring (bicyclic) bond motifs is 5. The molecule has 2 aliphatic heterocycles. The summed E-state index contributed by atoms with van der Waals surface area (Å²) in [6.07, 6.45) is 8.95. The summed E-state index contributed by atoms with van der Waals surface area (Å²) in [4.78, 5) is 41.9. The summed E-state index contributed by atoms with van der Waals surface area (Å²) in [6.45, 7) is 14.1. The predicted molar refractivity (Wildman–Crippen MR) is 160 cm³/mol. The Morgan fingerprint density at radius 2 is 1.44 bits per heavy atom. The van der Waals surface area contributed by atoms with Gasteiger partial charge in [-0.1, -0.05) is 13.8 Å². The summed E-state index contributed by atoms with van der Waals surface area (Å²) in [7, 11) is 4.65. The van der Waals surface area contributed by atoms with Gasteiger partial charge in [0, 0.05) is 70.4 Å². The number of piperidine rings is 1. The lowest BCUT2D eigenvalue weighted by Crippen LogP contribution is -3.00. The van der Waals surface area contributed by atoms with Crippen LogP contribution >= 0.6 is 0 Å². The highest BCUT2D eigenvalue weighted by atomic mass is 79.9. The van der Waals surface area contributed by atoms with Crippen molar-refractivity contribution in [2.75, 3.05) is 53.4 Å². The molecule has 43 heavy (non-hydrogen) atoms. The zero-order valence-electron chi connectivity index (χ0n) is 27.5. The number of esters is 2. The normalized spacial score (nSPS) is 44.7. The molecule has 0 N–H and O–H groups in total. The summed E-state index contributed by atoms with van der Waals surface area (Å²) < 4.78 is 13.4. The number of halogens is 1. The number of rotatable bonds is 4. The van der Waals surface area contributed by atoms with Gasteiger partial charge in [-0.2, -0.15) is 0 Å². The van der Waals surface area contributed by atoms with Crippen LogP contribution in [0.4, 0.5) is 0 Å². The Morgan fingerprint density at radius 3 is 2.07 bits per heavy atom. The van der Waals surface area contributed by atoms with Crippen LogP contribution in [0.2, 0.25) is 0 Å². The Labute approximate surface area is 269 Å². The number of Topliss-reactive ketones (excluding diaryl/α,β-unsaturated/α-hetero) is 1. The van der Waals surface area contributed by atoms with Crippen molar-refractivity contribution in [1.29, 1.82) is 0 Å². The van der Waals surface area contributed by atoms with E-state index >= 15 is 0 Å². The first-order valence-electron chi connectivity index (χ1n) is 17.0. The summed E-state index contributed by atoms with van der Waals surface area (Å²) in [5, 5.41) is 0. The van der Waals surface area contributed by atoms with Crippen molar-refractivity contribution < 1.29 is 45.3 Å². The molecule has 4 aliphatic carbocycles. The molecule has 0 bridgehead atoms. The van der Waals surface area contributed by atoms with Gasteiger partial charge in [-0.05, 0) is 74.0 Å². The number of hydrogen-bond donors (Lipinski definition) is 0. The summed E-state index contributed by atoms with van der Waals surface area (Å²) in [6, 6.07) is 0.502. The summed E-state index contributed by atoms with van der Waals surface area (Å²) in [5.74, 6) is 2.42. The van der Waals surface area contributed by atoms with Crippen LogP contribution in [0, 0.1) is 34.5 Å². The molecule has 0 radical (unpaired) electrons. The lowest BCUT2D eigenvalue weighted by molar-refractivity contribution is -0.894.